The summed E-state index contributed by atoms with van der Waals surface area (Å²) in [6, 6.07) is 18.4. The van der Waals surface area contributed by atoms with Crippen LogP contribution in [-0.2, 0) is 5.41 Å². The summed E-state index contributed by atoms with van der Waals surface area (Å²) >= 11 is 0. The van der Waals surface area contributed by atoms with E-state index in [4.69, 9.17) is 4.74 Å². The van der Waals surface area contributed by atoms with Gasteiger partial charge in [0.05, 0.1) is 12.7 Å². The molecule has 0 atom stereocenters. The van der Waals surface area contributed by atoms with Crippen molar-refractivity contribution in [3.05, 3.63) is 65.7 Å². The molecule has 0 saturated heterocycles. The Balaban J connectivity index is 0.00000216. The number of rotatable bonds is 4. The number of fused-ring (bicyclic) bond motifs is 1. The first-order valence-electron chi connectivity index (χ1n) is 11.5. The first kappa shape index (κ1) is 22.6. The SMILES string of the molecule is COc1ccc(-c2ccc3cc(C(=O)O)ccc3c2)cc1C12CC3CC(CC(C3)C1)C2.[KH]. The average molecular weight is 453 g/mol. The van der Waals surface area contributed by atoms with Crippen LogP contribution in [0, 0.1) is 17.8 Å². The zero-order chi connectivity index (χ0) is 21.2. The van der Waals surface area contributed by atoms with Crippen LogP contribution < -0.4 is 4.74 Å². The molecule has 3 aromatic rings. The summed E-state index contributed by atoms with van der Waals surface area (Å²) < 4.78 is 5.88. The van der Waals surface area contributed by atoms with Gasteiger partial charge in [0.15, 0.2) is 0 Å². The van der Waals surface area contributed by atoms with Gasteiger partial charge in [-0.05, 0) is 114 Å². The average Bonchev–Trinajstić information content (AvgIpc) is 2.77. The van der Waals surface area contributed by atoms with Gasteiger partial charge >= 0.3 is 57.4 Å². The molecular weight excluding hydrogens is 423 g/mol. The summed E-state index contributed by atoms with van der Waals surface area (Å²) in [4.78, 5) is 11.3. The van der Waals surface area contributed by atoms with Crippen molar-refractivity contribution in [1.29, 1.82) is 0 Å². The van der Waals surface area contributed by atoms with Crippen LogP contribution in [0.1, 0.15) is 54.4 Å². The molecule has 32 heavy (non-hydrogen) atoms. The summed E-state index contributed by atoms with van der Waals surface area (Å²) in [6.07, 6.45) is 8.25. The van der Waals surface area contributed by atoms with Crippen molar-refractivity contribution in [1.82, 2.24) is 0 Å². The Labute approximate surface area is 232 Å². The number of carboxylic acid groups (broad SMARTS) is 1. The van der Waals surface area contributed by atoms with Crippen LogP contribution >= 0.6 is 0 Å². The van der Waals surface area contributed by atoms with E-state index in [1.807, 2.05) is 12.1 Å². The van der Waals surface area contributed by atoms with E-state index in [1.165, 1.54) is 55.2 Å². The molecule has 160 valence electrons. The summed E-state index contributed by atoms with van der Waals surface area (Å²) in [6.45, 7) is 0. The number of hydrogen-bond acceptors (Lipinski definition) is 2. The zero-order valence-corrected chi connectivity index (χ0v) is 17.9. The van der Waals surface area contributed by atoms with Crippen molar-refractivity contribution in [2.75, 3.05) is 7.11 Å². The van der Waals surface area contributed by atoms with Crippen LogP contribution in [0.2, 0.25) is 0 Å². The van der Waals surface area contributed by atoms with E-state index in [-0.39, 0.29) is 56.8 Å². The predicted molar refractivity (Wildman–Crippen MR) is 130 cm³/mol. The van der Waals surface area contributed by atoms with Crippen molar-refractivity contribution < 1.29 is 14.6 Å². The molecule has 0 amide bonds. The molecule has 1 N–H and O–H groups in total. The predicted octanol–water partition coefficient (Wildman–Crippen LogP) is 6.03. The van der Waals surface area contributed by atoms with Crippen molar-refractivity contribution >= 4 is 68.1 Å². The molecule has 0 aliphatic heterocycles. The van der Waals surface area contributed by atoms with Gasteiger partial charge in [-0.3, -0.25) is 0 Å². The van der Waals surface area contributed by atoms with Gasteiger partial charge in [0.1, 0.15) is 5.75 Å². The van der Waals surface area contributed by atoms with Crippen LogP contribution in [0.25, 0.3) is 21.9 Å². The van der Waals surface area contributed by atoms with Gasteiger partial charge in [-0.25, -0.2) is 4.79 Å². The molecule has 3 nitrogen and oxygen atoms in total. The fraction of sp³-hybridized carbons (Fsp3) is 0.393. The molecule has 0 aromatic heterocycles. The molecule has 4 aliphatic carbocycles. The van der Waals surface area contributed by atoms with E-state index in [2.05, 4.69) is 30.3 Å². The van der Waals surface area contributed by atoms with Crippen LogP contribution in [0.3, 0.4) is 0 Å². The number of hydrogen-bond donors (Lipinski definition) is 1. The Morgan fingerprint density at radius 1 is 0.844 bits per heavy atom. The van der Waals surface area contributed by atoms with Crippen LogP contribution in [-0.4, -0.2) is 69.6 Å². The normalized spacial score (nSPS) is 27.8. The molecule has 3 aromatic carbocycles. The van der Waals surface area contributed by atoms with E-state index >= 15 is 0 Å². The van der Waals surface area contributed by atoms with Crippen molar-refractivity contribution in [2.24, 2.45) is 17.8 Å². The monoisotopic (exact) mass is 452 g/mol. The van der Waals surface area contributed by atoms with Crippen molar-refractivity contribution in [3.8, 4) is 16.9 Å². The second-order valence-corrected chi connectivity index (χ2v) is 10.2. The molecule has 4 saturated carbocycles. The van der Waals surface area contributed by atoms with Gasteiger partial charge in [0, 0.05) is 5.56 Å². The van der Waals surface area contributed by atoms with Crippen LogP contribution in [0.15, 0.2) is 54.6 Å². The minimum atomic E-state index is -0.888. The summed E-state index contributed by atoms with van der Waals surface area (Å²) in [5.74, 6) is 2.83. The van der Waals surface area contributed by atoms with Gasteiger partial charge < -0.3 is 9.84 Å². The zero-order valence-electron chi connectivity index (χ0n) is 17.9. The first-order valence-corrected chi connectivity index (χ1v) is 11.5. The summed E-state index contributed by atoms with van der Waals surface area (Å²) in [5, 5.41) is 11.3. The Morgan fingerprint density at radius 3 is 2.03 bits per heavy atom. The maximum absolute atomic E-state index is 11.3. The molecule has 4 aliphatic rings. The molecular formula is C28H29KO3. The second kappa shape index (κ2) is 8.55. The van der Waals surface area contributed by atoms with Crippen LogP contribution in [0.5, 0.6) is 5.75 Å². The molecule has 4 fully saturated rings. The Hall–Kier alpha value is -1.17. The molecule has 0 heterocycles. The third-order valence-corrected chi connectivity index (χ3v) is 8.23. The van der Waals surface area contributed by atoms with E-state index < -0.39 is 5.97 Å². The summed E-state index contributed by atoms with van der Waals surface area (Å²) in [7, 11) is 1.80. The number of carboxylic acids is 1. The van der Waals surface area contributed by atoms with Gasteiger partial charge in [0.2, 0.25) is 0 Å². The van der Waals surface area contributed by atoms with Crippen molar-refractivity contribution in [3.63, 3.8) is 0 Å². The molecule has 0 radical (unpaired) electrons. The molecule has 0 unspecified atom stereocenters. The maximum atomic E-state index is 11.3. The minimum absolute atomic E-state index is 0. The van der Waals surface area contributed by atoms with Gasteiger partial charge in [-0.15, -0.1) is 0 Å². The Morgan fingerprint density at radius 2 is 1.41 bits per heavy atom. The fourth-order valence-corrected chi connectivity index (χ4v) is 7.30. The van der Waals surface area contributed by atoms with Gasteiger partial charge in [0.25, 0.3) is 0 Å². The number of benzene rings is 3. The van der Waals surface area contributed by atoms with E-state index in [0.29, 0.717) is 5.56 Å². The molecule has 4 bridgehead atoms. The molecule has 4 heteroatoms. The van der Waals surface area contributed by atoms with E-state index in [9.17, 15) is 9.90 Å². The van der Waals surface area contributed by atoms with Gasteiger partial charge in [-0.2, -0.15) is 0 Å². The Kier molecular flexibility index (Phi) is 6.04. The van der Waals surface area contributed by atoms with Gasteiger partial charge in [-0.1, -0.05) is 24.3 Å². The van der Waals surface area contributed by atoms with E-state index in [0.717, 1.165) is 34.3 Å². The number of methoxy groups -OCH3 is 1. The number of aromatic carboxylic acids is 1. The first-order chi connectivity index (χ1) is 15.0. The molecule has 0 spiro atoms. The topological polar surface area (TPSA) is 46.5 Å². The van der Waals surface area contributed by atoms with E-state index in [1.54, 1.807) is 19.2 Å². The number of ether oxygens (including phenoxy) is 1. The standard InChI is InChI=1S/C28H28O3.K.H/c1-31-26-7-6-23(21-2-3-22-12-24(27(29)30)5-4-20(22)11-21)13-25(26)28-14-17-8-18(15-28)10-19(9-17)16-28;;/h2-7,11-13,17-19H,8-10,14-16H2,1H3,(H,29,30);;. The van der Waals surface area contributed by atoms with Crippen LogP contribution in [0.4, 0.5) is 0 Å². The molecule has 7 rings (SSSR count). The number of carbonyl (C=O) groups is 1. The quantitative estimate of drug-likeness (QED) is 0.492. The second-order valence-electron chi connectivity index (χ2n) is 10.2. The van der Waals surface area contributed by atoms with Crippen molar-refractivity contribution in [2.45, 2.75) is 43.9 Å². The third kappa shape index (κ3) is 3.78. The third-order valence-electron chi connectivity index (χ3n) is 8.23. The fourth-order valence-electron chi connectivity index (χ4n) is 7.30. The summed E-state index contributed by atoms with van der Waals surface area (Å²) in [5.41, 5.74) is 4.41. The Bertz CT molecular complexity index is 1160.